The maximum absolute atomic E-state index is 10.8. The van der Waals surface area contributed by atoms with E-state index in [2.05, 4.69) is 0 Å². The molecular weight excluding hydrogens is 270 g/mol. The predicted molar refractivity (Wildman–Crippen MR) is 77.8 cm³/mol. The average molecular weight is 287 g/mol. The lowest BCUT2D eigenvalue weighted by atomic mass is 10.0. The van der Waals surface area contributed by atoms with Crippen LogP contribution in [0.5, 0.6) is 5.75 Å². The van der Waals surface area contributed by atoms with Crippen molar-refractivity contribution in [1.82, 2.24) is 0 Å². The number of carboxylic acid groups (broad SMARTS) is 1. The van der Waals surface area contributed by atoms with E-state index in [-0.39, 0.29) is 0 Å². The molecule has 2 rings (SSSR count). The lowest BCUT2D eigenvalue weighted by Gasteiger charge is -2.16. The first-order valence-electron chi connectivity index (χ1n) is 6.51. The number of aliphatic hydroxyl groups is 1. The zero-order chi connectivity index (χ0) is 15.2. The molecule has 0 heterocycles. The topological polar surface area (TPSA) is 92.8 Å². The number of hydrogen-bond acceptors (Lipinski definition) is 4. The van der Waals surface area contributed by atoms with Gasteiger partial charge in [-0.25, -0.2) is 0 Å². The third kappa shape index (κ3) is 4.05. The lowest BCUT2D eigenvalue weighted by Crippen LogP contribution is -2.36. The number of aliphatic hydroxyl groups excluding tert-OH is 1. The summed E-state index contributed by atoms with van der Waals surface area (Å²) in [5.41, 5.74) is 6.85. The number of rotatable bonds is 6. The Hall–Kier alpha value is -2.37. The van der Waals surface area contributed by atoms with Crippen molar-refractivity contribution in [2.24, 2.45) is 5.73 Å². The summed E-state index contributed by atoms with van der Waals surface area (Å²) in [5.74, 6) is -0.703. The van der Waals surface area contributed by atoms with Gasteiger partial charge in [0.2, 0.25) is 0 Å². The summed E-state index contributed by atoms with van der Waals surface area (Å²) >= 11 is 0. The van der Waals surface area contributed by atoms with E-state index < -0.39 is 18.1 Å². The van der Waals surface area contributed by atoms with E-state index in [9.17, 15) is 9.90 Å². The summed E-state index contributed by atoms with van der Waals surface area (Å²) in [6.07, 6.45) is -1.28. The summed E-state index contributed by atoms with van der Waals surface area (Å²) < 4.78 is 5.62. The minimum Gasteiger partial charge on any atom is -0.489 e. The number of aliphatic carboxylic acids is 1. The van der Waals surface area contributed by atoms with Gasteiger partial charge in [0, 0.05) is 0 Å². The molecule has 21 heavy (non-hydrogen) atoms. The third-order valence-corrected chi connectivity index (χ3v) is 3.07. The molecule has 2 aromatic rings. The molecule has 0 fully saturated rings. The second-order valence-electron chi connectivity index (χ2n) is 4.66. The monoisotopic (exact) mass is 287 g/mol. The largest absolute Gasteiger partial charge is 0.489 e. The van der Waals surface area contributed by atoms with Crippen molar-refractivity contribution in [3.63, 3.8) is 0 Å². The van der Waals surface area contributed by atoms with Crippen molar-refractivity contribution in [3.8, 4) is 5.75 Å². The highest BCUT2D eigenvalue weighted by molar-refractivity contribution is 5.74. The summed E-state index contributed by atoms with van der Waals surface area (Å²) in [7, 11) is 0. The second kappa shape index (κ2) is 6.88. The molecule has 0 saturated heterocycles. The van der Waals surface area contributed by atoms with Crippen molar-refractivity contribution in [2.75, 3.05) is 0 Å². The van der Waals surface area contributed by atoms with Crippen LogP contribution in [-0.2, 0) is 11.4 Å². The number of ether oxygens (including phenoxy) is 1. The number of benzene rings is 2. The molecule has 2 atom stereocenters. The van der Waals surface area contributed by atoms with Gasteiger partial charge in [0.1, 0.15) is 24.5 Å². The van der Waals surface area contributed by atoms with Gasteiger partial charge in [-0.2, -0.15) is 0 Å². The molecule has 5 heteroatoms. The second-order valence-corrected chi connectivity index (χ2v) is 4.66. The van der Waals surface area contributed by atoms with Crippen LogP contribution in [0.25, 0.3) is 0 Å². The van der Waals surface area contributed by atoms with Gasteiger partial charge in [0.05, 0.1) is 0 Å². The normalized spacial score (nSPS) is 13.4. The van der Waals surface area contributed by atoms with Crippen molar-refractivity contribution in [2.45, 2.75) is 18.8 Å². The maximum Gasteiger partial charge on any atom is 0.323 e. The molecule has 0 radical (unpaired) electrons. The summed E-state index contributed by atoms with van der Waals surface area (Å²) in [6, 6.07) is 14.9. The van der Waals surface area contributed by atoms with E-state index in [1.807, 2.05) is 30.3 Å². The molecule has 0 aromatic heterocycles. The molecule has 0 unspecified atom stereocenters. The molecule has 2 aromatic carbocycles. The molecule has 5 nitrogen and oxygen atoms in total. The molecule has 0 aliphatic heterocycles. The highest BCUT2D eigenvalue weighted by Crippen LogP contribution is 2.22. The Bertz CT molecular complexity index is 600. The van der Waals surface area contributed by atoms with Gasteiger partial charge in [0.25, 0.3) is 0 Å². The molecular formula is C16H17NO4. The van der Waals surface area contributed by atoms with Crippen LogP contribution in [0.2, 0.25) is 0 Å². The van der Waals surface area contributed by atoms with Crippen LogP contribution in [0.4, 0.5) is 0 Å². The fraction of sp³-hybridized carbons (Fsp3) is 0.188. The Morgan fingerprint density at radius 3 is 2.52 bits per heavy atom. The smallest absolute Gasteiger partial charge is 0.323 e. The zero-order valence-electron chi connectivity index (χ0n) is 11.3. The molecule has 0 amide bonds. The SMILES string of the molecule is N[C@H](C(=O)O)[C@H](O)c1cccc(OCc2ccccc2)c1. The van der Waals surface area contributed by atoms with Crippen LogP contribution in [0.15, 0.2) is 54.6 Å². The first-order chi connectivity index (χ1) is 10.1. The van der Waals surface area contributed by atoms with Crippen LogP contribution in [0, 0.1) is 0 Å². The average Bonchev–Trinajstić information content (AvgIpc) is 2.52. The van der Waals surface area contributed by atoms with Gasteiger partial charge in [0.15, 0.2) is 0 Å². The van der Waals surface area contributed by atoms with Crippen LogP contribution in [-0.4, -0.2) is 22.2 Å². The fourth-order valence-electron chi connectivity index (χ4n) is 1.87. The summed E-state index contributed by atoms with van der Waals surface area (Å²) in [5, 5.41) is 18.7. The first-order valence-corrected chi connectivity index (χ1v) is 6.51. The van der Waals surface area contributed by atoms with Crippen molar-refractivity contribution >= 4 is 5.97 Å². The van der Waals surface area contributed by atoms with Gasteiger partial charge in [-0.3, -0.25) is 4.79 Å². The number of carboxylic acids is 1. The lowest BCUT2D eigenvalue weighted by molar-refractivity contribution is -0.141. The van der Waals surface area contributed by atoms with E-state index in [1.54, 1.807) is 24.3 Å². The number of hydrogen-bond donors (Lipinski definition) is 3. The molecule has 110 valence electrons. The molecule has 0 saturated carbocycles. The standard InChI is InChI=1S/C16H17NO4/c17-14(16(19)20)15(18)12-7-4-8-13(9-12)21-10-11-5-2-1-3-6-11/h1-9,14-15,18H,10,17H2,(H,19,20)/t14-,15+/m0/s1. The summed E-state index contributed by atoms with van der Waals surface area (Å²) in [4.78, 5) is 10.8. The maximum atomic E-state index is 10.8. The minimum absolute atomic E-state index is 0.394. The van der Waals surface area contributed by atoms with Crippen LogP contribution in [0.1, 0.15) is 17.2 Å². The van der Waals surface area contributed by atoms with Gasteiger partial charge in [-0.05, 0) is 23.3 Å². The van der Waals surface area contributed by atoms with Crippen LogP contribution >= 0.6 is 0 Å². The van der Waals surface area contributed by atoms with Crippen molar-refractivity contribution in [1.29, 1.82) is 0 Å². The molecule has 0 aliphatic rings. The van der Waals surface area contributed by atoms with E-state index in [0.717, 1.165) is 5.56 Å². The molecule has 0 spiro atoms. The van der Waals surface area contributed by atoms with Crippen LogP contribution < -0.4 is 10.5 Å². The highest BCUT2D eigenvalue weighted by atomic mass is 16.5. The third-order valence-electron chi connectivity index (χ3n) is 3.07. The van der Waals surface area contributed by atoms with E-state index >= 15 is 0 Å². The van der Waals surface area contributed by atoms with E-state index in [4.69, 9.17) is 15.6 Å². The van der Waals surface area contributed by atoms with Crippen molar-refractivity contribution < 1.29 is 19.7 Å². The van der Waals surface area contributed by atoms with E-state index in [1.165, 1.54) is 0 Å². The van der Waals surface area contributed by atoms with Gasteiger partial charge in [-0.1, -0.05) is 42.5 Å². The Labute approximate surface area is 122 Å². The van der Waals surface area contributed by atoms with Crippen molar-refractivity contribution in [3.05, 3.63) is 65.7 Å². The Kier molecular flexibility index (Phi) is 4.92. The molecule has 0 aliphatic carbocycles. The molecule has 0 bridgehead atoms. The number of nitrogens with two attached hydrogens (primary N) is 1. The quantitative estimate of drug-likeness (QED) is 0.752. The van der Waals surface area contributed by atoms with Gasteiger partial charge in [-0.15, -0.1) is 0 Å². The molecule has 4 N–H and O–H groups in total. The van der Waals surface area contributed by atoms with Gasteiger partial charge < -0.3 is 20.7 Å². The zero-order valence-corrected chi connectivity index (χ0v) is 11.3. The van der Waals surface area contributed by atoms with E-state index in [0.29, 0.717) is 17.9 Å². The van der Waals surface area contributed by atoms with Crippen LogP contribution in [0.3, 0.4) is 0 Å². The minimum atomic E-state index is -1.37. The Morgan fingerprint density at radius 2 is 1.86 bits per heavy atom. The Balaban J connectivity index is 2.05. The highest BCUT2D eigenvalue weighted by Gasteiger charge is 2.23. The Morgan fingerprint density at radius 1 is 1.14 bits per heavy atom. The fourth-order valence-corrected chi connectivity index (χ4v) is 1.87. The number of carbonyl (C=O) groups is 1. The summed E-state index contributed by atoms with van der Waals surface area (Å²) in [6.45, 7) is 0.394. The predicted octanol–water partition coefficient (Wildman–Crippen LogP) is 1.71. The van der Waals surface area contributed by atoms with Gasteiger partial charge >= 0.3 is 5.97 Å². The first kappa shape index (κ1) is 15.0.